The molecule has 28 heavy (non-hydrogen) atoms. The Bertz CT molecular complexity index is 955. The van der Waals surface area contributed by atoms with Crippen molar-refractivity contribution < 1.29 is 14.4 Å². The summed E-state index contributed by atoms with van der Waals surface area (Å²) in [4.78, 5) is 48.5. The Labute approximate surface area is 161 Å². The zero-order valence-electron chi connectivity index (χ0n) is 16.0. The van der Waals surface area contributed by atoms with Crippen LogP contribution in [0.4, 0.5) is 4.79 Å². The molecule has 2 atom stereocenters. The molecule has 0 unspecified atom stereocenters. The topological polar surface area (TPSA) is 148 Å². The van der Waals surface area contributed by atoms with Crippen LogP contribution in [0, 0.1) is 5.92 Å². The Morgan fingerprint density at radius 3 is 2.36 bits per heavy atom. The van der Waals surface area contributed by atoms with Crippen molar-refractivity contribution in [3.8, 4) is 0 Å². The Balaban J connectivity index is 2.25. The van der Waals surface area contributed by atoms with Crippen LogP contribution in [-0.2, 0) is 11.3 Å². The molecule has 5 N–H and O–H groups in total. The van der Waals surface area contributed by atoms with Crippen molar-refractivity contribution in [2.45, 2.75) is 39.8 Å². The number of aryl methyl sites for hydroxylation is 1. The number of rotatable bonds is 6. The van der Waals surface area contributed by atoms with Crippen LogP contribution in [0.5, 0.6) is 0 Å². The van der Waals surface area contributed by atoms with Gasteiger partial charge in [0, 0.05) is 11.9 Å². The number of hydrazine groups is 1. The van der Waals surface area contributed by atoms with Crippen LogP contribution in [-0.4, -0.2) is 33.7 Å². The second-order valence-electron chi connectivity index (χ2n) is 6.33. The van der Waals surface area contributed by atoms with E-state index in [1.807, 2.05) is 6.92 Å². The molecule has 0 fully saturated rings. The maximum absolute atomic E-state index is 12.6. The third-order valence-electron chi connectivity index (χ3n) is 4.47. The lowest BCUT2D eigenvalue weighted by Crippen LogP contribution is -2.55. The van der Waals surface area contributed by atoms with Crippen LogP contribution in [0.2, 0.25) is 0 Å². The molecule has 4 amide bonds. The first-order chi connectivity index (χ1) is 13.3. The summed E-state index contributed by atoms with van der Waals surface area (Å²) in [6.07, 6.45) is 0.611. The summed E-state index contributed by atoms with van der Waals surface area (Å²) in [6, 6.07) is 4.85. The fraction of sp³-hybridized carbons (Fsp3) is 0.389. The van der Waals surface area contributed by atoms with Crippen molar-refractivity contribution in [3.05, 3.63) is 40.3 Å². The maximum atomic E-state index is 12.6. The lowest BCUT2D eigenvalue weighted by Gasteiger charge is -2.22. The number of hydrogen-bond donors (Lipinski definition) is 4. The molecule has 2 aromatic rings. The van der Waals surface area contributed by atoms with E-state index in [0.29, 0.717) is 17.2 Å². The van der Waals surface area contributed by atoms with E-state index < -0.39 is 23.9 Å². The third kappa shape index (κ3) is 4.45. The summed E-state index contributed by atoms with van der Waals surface area (Å²) < 4.78 is 1.18. The lowest BCUT2D eigenvalue weighted by molar-refractivity contribution is -0.124. The van der Waals surface area contributed by atoms with Gasteiger partial charge in [-0.1, -0.05) is 38.5 Å². The van der Waals surface area contributed by atoms with Crippen molar-refractivity contribution in [2.24, 2.45) is 11.7 Å². The molecule has 0 aliphatic heterocycles. The average Bonchev–Trinajstić information content (AvgIpc) is 2.69. The SMILES string of the molecule is CC[C@H](C)[C@@H](NC(N)=O)C(=O)NNC(=O)c1nn(CC)c(=O)c2ccccc12. The van der Waals surface area contributed by atoms with E-state index >= 15 is 0 Å². The molecule has 1 aromatic carbocycles. The van der Waals surface area contributed by atoms with E-state index in [1.165, 1.54) is 4.68 Å². The van der Waals surface area contributed by atoms with E-state index in [9.17, 15) is 19.2 Å². The molecule has 2 rings (SSSR count). The van der Waals surface area contributed by atoms with Crippen molar-refractivity contribution in [3.63, 3.8) is 0 Å². The van der Waals surface area contributed by atoms with Gasteiger partial charge in [-0.15, -0.1) is 0 Å². The predicted molar refractivity (Wildman–Crippen MR) is 103 cm³/mol. The van der Waals surface area contributed by atoms with Gasteiger partial charge in [0.15, 0.2) is 5.69 Å². The highest BCUT2D eigenvalue weighted by molar-refractivity contribution is 6.05. The molecule has 1 aromatic heterocycles. The predicted octanol–water partition coefficient (Wildman–Crippen LogP) is 0.260. The Hall–Kier alpha value is -3.43. The zero-order valence-corrected chi connectivity index (χ0v) is 16.0. The van der Waals surface area contributed by atoms with E-state index in [0.717, 1.165) is 0 Å². The van der Waals surface area contributed by atoms with Crippen molar-refractivity contribution in [1.29, 1.82) is 0 Å². The molecule has 0 radical (unpaired) electrons. The van der Waals surface area contributed by atoms with Crippen LogP contribution in [0.25, 0.3) is 10.8 Å². The molecule has 0 aliphatic carbocycles. The number of amides is 4. The minimum absolute atomic E-state index is 0.000278. The number of aromatic nitrogens is 2. The lowest BCUT2D eigenvalue weighted by atomic mass is 9.99. The summed E-state index contributed by atoms with van der Waals surface area (Å²) in [5, 5.41) is 7.18. The summed E-state index contributed by atoms with van der Waals surface area (Å²) in [5.74, 6) is -1.51. The molecule has 0 spiro atoms. The smallest absolute Gasteiger partial charge is 0.312 e. The second-order valence-corrected chi connectivity index (χ2v) is 6.33. The largest absolute Gasteiger partial charge is 0.352 e. The first-order valence-electron chi connectivity index (χ1n) is 8.96. The van der Waals surface area contributed by atoms with Gasteiger partial charge in [0.05, 0.1) is 5.39 Å². The van der Waals surface area contributed by atoms with Gasteiger partial charge in [-0.05, 0) is 18.9 Å². The summed E-state index contributed by atoms with van der Waals surface area (Å²) in [6.45, 7) is 5.65. The summed E-state index contributed by atoms with van der Waals surface area (Å²) in [5.41, 5.74) is 9.38. The van der Waals surface area contributed by atoms with Gasteiger partial charge in [0.25, 0.3) is 17.4 Å². The van der Waals surface area contributed by atoms with E-state index in [-0.39, 0.29) is 23.7 Å². The highest BCUT2D eigenvalue weighted by Gasteiger charge is 2.26. The van der Waals surface area contributed by atoms with Crippen LogP contribution in [0.1, 0.15) is 37.7 Å². The van der Waals surface area contributed by atoms with E-state index in [2.05, 4.69) is 21.3 Å². The van der Waals surface area contributed by atoms with Gasteiger partial charge < -0.3 is 11.1 Å². The van der Waals surface area contributed by atoms with Gasteiger partial charge in [-0.25, -0.2) is 9.48 Å². The molecular formula is C18H24N6O4. The minimum Gasteiger partial charge on any atom is -0.352 e. The summed E-state index contributed by atoms with van der Waals surface area (Å²) in [7, 11) is 0. The molecule has 1 heterocycles. The van der Waals surface area contributed by atoms with Crippen LogP contribution < -0.4 is 27.5 Å². The molecule has 0 saturated heterocycles. The molecular weight excluding hydrogens is 364 g/mol. The molecule has 0 bridgehead atoms. The first-order valence-corrected chi connectivity index (χ1v) is 8.96. The number of nitrogens with one attached hydrogen (secondary N) is 3. The van der Waals surface area contributed by atoms with Gasteiger partial charge in [0.2, 0.25) is 0 Å². The fourth-order valence-corrected chi connectivity index (χ4v) is 2.73. The Morgan fingerprint density at radius 1 is 1.14 bits per heavy atom. The van der Waals surface area contributed by atoms with Crippen molar-refractivity contribution in [2.75, 3.05) is 0 Å². The van der Waals surface area contributed by atoms with E-state index in [1.54, 1.807) is 38.1 Å². The average molecular weight is 388 g/mol. The van der Waals surface area contributed by atoms with Gasteiger partial charge >= 0.3 is 6.03 Å². The summed E-state index contributed by atoms with van der Waals surface area (Å²) >= 11 is 0. The highest BCUT2D eigenvalue weighted by atomic mass is 16.2. The maximum Gasteiger partial charge on any atom is 0.312 e. The highest BCUT2D eigenvalue weighted by Crippen LogP contribution is 2.13. The molecule has 0 saturated carbocycles. The molecule has 0 aliphatic rings. The number of urea groups is 1. The molecule has 10 nitrogen and oxygen atoms in total. The number of carbonyl (C=O) groups is 3. The fourth-order valence-electron chi connectivity index (χ4n) is 2.73. The minimum atomic E-state index is -0.905. The number of nitrogens with zero attached hydrogens (tertiary/aromatic N) is 2. The first kappa shape index (κ1) is 20.9. The quantitative estimate of drug-likeness (QED) is 0.524. The normalized spacial score (nSPS) is 12.8. The second kappa shape index (κ2) is 8.98. The van der Waals surface area contributed by atoms with Crippen LogP contribution in [0.15, 0.2) is 29.1 Å². The standard InChI is InChI=1S/C18H24N6O4/c1-4-10(3)13(20-18(19)28)15(25)21-22-16(26)14-11-8-6-7-9-12(11)17(27)24(5-2)23-14/h6-10,13H,4-5H2,1-3H3,(H,21,25)(H,22,26)(H3,19,20,28)/t10-,13+/m0/s1. The number of fused-ring (bicyclic) bond motifs is 1. The molecule has 10 heteroatoms. The van der Waals surface area contributed by atoms with Gasteiger partial charge in [-0.2, -0.15) is 5.10 Å². The van der Waals surface area contributed by atoms with E-state index in [4.69, 9.17) is 5.73 Å². The number of benzene rings is 1. The van der Waals surface area contributed by atoms with Crippen LogP contribution in [0.3, 0.4) is 0 Å². The number of carbonyl (C=O) groups excluding carboxylic acids is 3. The van der Waals surface area contributed by atoms with Crippen LogP contribution >= 0.6 is 0 Å². The number of hydrogen-bond acceptors (Lipinski definition) is 5. The number of primary amides is 1. The van der Waals surface area contributed by atoms with Gasteiger partial charge in [0.1, 0.15) is 6.04 Å². The molecule has 150 valence electrons. The monoisotopic (exact) mass is 388 g/mol. The van der Waals surface area contributed by atoms with Crippen molar-refractivity contribution >= 4 is 28.6 Å². The number of nitrogens with two attached hydrogens (primary N) is 1. The Kier molecular flexibility index (Phi) is 6.69. The van der Waals surface area contributed by atoms with Crippen molar-refractivity contribution in [1.82, 2.24) is 25.9 Å². The zero-order chi connectivity index (χ0) is 20.8. The Morgan fingerprint density at radius 2 is 1.79 bits per heavy atom. The third-order valence-corrected chi connectivity index (χ3v) is 4.47. The van der Waals surface area contributed by atoms with Gasteiger partial charge in [-0.3, -0.25) is 25.2 Å².